The molecule has 1 fully saturated rings. The molecule has 0 heterocycles. The Morgan fingerprint density at radius 1 is 1.46 bits per heavy atom. The van der Waals surface area contributed by atoms with Gasteiger partial charge in [-0.15, -0.1) is 6.42 Å². The van der Waals surface area contributed by atoms with Crippen molar-refractivity contribution >= 4 is 15.9 Å². The monoisotopic (exact) mass is 238 g/mol. The topological polar surface area (TPSA) is 0 Å². The summed E-state index contributed by atoms with van der Waals surface area (Å²) in [6, 6.07) is 5.01. The SMILES string of the molecule is C#CC1(c2ccc(F)c(Br)c2)CC1. The second kappa shape index (κ2) is 2.85. The molecule has 1 aliphatic rings. The van der Waals surface area contributed by atoms with Crippen LogP contribution in [0.15, 0.2) is 22.7 Å². The summed E-state index contributed by atoms with van der Waals surface area (Å²) in [7, 11) is 0. The van der Waals surface area contributed by atoms with E-state index in [4.69, 9.17) is 6.42 Å². The molecule has 66 valence electrons. The summed E-state index contributed by atoms with van der Waals surface area (Å²) in [6.07, 6.45) is 7.46. The second-order valence-electron chi connectivity index (χ2n) is 3.36. The van der Waals surface area contributed by atoms with Crippen LogP contribution in [0, 0.1) is 18.2 Å². The van der Waals surface area contributed by atoms with Crippen molar-refractivity contribution < 1.29 is 4.39 Å². The predicted molar refractivity (Wildman–Crippen MR) is 53.8 cm³/mol. The second-order valence-corrected chi connectivity index (χ2v) is 4.21. The van der Waals surface area contributed by atoms with Crippen LogP contribution in [0.1, 0.15) is 18.4 Å². The standard InChI is InChI=1S/C11H8BrF/c1-2-11(5-6-11)8-3-4-10(13)9(12)7-8/h1,3-4,7H,5-6H2. The number of terminal acetylenes is 1. The van der Waals surface area contributed by atoms with Crippen molar-refractivity contribution in [3.63, 3.8) is 0 Å². The lowest BCUT2D eigenvalue weighted by molar-refractivity contribution is 0.619. The molecule has 0 N–H and O–H groups in total. The Bertz CT molecular complexity index is 386. The first-order chi connectivity index (χ1) is 6.18. The first-order valence-corrected chi connectivity index (χ1v) is 4.90. The highest BCUT2D eigenvalue weighted by Crippen LogP contribution is 2.48. The summed E-state index contributed by atoms with van der Waals surface area (Å²) < 4.78 is 13.4. The molecule has 0 atom stereocenters. The first-order valence-electron chi connectivity index (χ1n) is 4.11. The third kappa shape index (κ3) is 1.38. The van der Waals surface area contributed by atoms with Gasteiger partial charge in [-0.2, -0.15) is 0 Å². The number of halogens is 2. The zero-order chi connectivity index (χ0) is 9.47. The van der Waals surface area contributed by atoms with Crippen LogP contribution in [-0.2, 0) is 5.41 Å². The number of rotatable bonds is 1. The van der Waals surface area contributed by atoms with E-state index in [2.05, 4.69) is 21.9 Å². The molecule has 0 aromatic heterocycles. The molecule has 0 spiro atoms. The fraction of sp³-hybridized carbons (Fsp3) is 0.273. The molecule has 0 amide bonds. The summed E-state index contributed by atoms with van der Waals surface area (Å²) in [5.41, 5.74) is 0.944. The third-order valence-corrected chi connectivity index (χ3v) is 3.11. The number of hydrogen-bond donors (Lipinski definition) is 0. The Hall–Kier alpha value is -0.810. The van der Waals surface area contributed by atoms with E-state index in [9.17, 15) is 4.39 Å². The highest BCUT2D eigenvalue weighted by Gasteiger charge is 2.42. The molecule has 2 heteroatoms. The van der Waals surface area contributed by atoms with Gasteiger partial charge in [0, 0.05) is 0 Å². The van der Waals surface area contributed by atoms with Gasteiger partial charge in [-0.3, -0.25) is 0 Å². The lowest BCUT2D eigenvalue weighted by Gasteiger charge is -2.08. The molecular weight excluding hydrogens is 231 g/mol. The molecule has 1 aromatic rings. The van der Waals surface area contributed by atoms with Gasteiger partial charge in [0.25, 0.3) is 0 Å². The van der Waals surface area contributed by atoms with Gasteiger partial charge >= 0.3 is 0 Å². The summed E-state index contributed by atoms with van der Waals surface area (Å²) in [5, 5.41) is 0. The molecule has 13 heavy (non-hydrogen) atoms. The van der Waals surface area contributed by atoms with Crippen LogP contribution in [0.5, 0.6) is 0 Å². The summed E-state index contributed by atoms with van der Waals surface area (Å²) in [4.78, 5) is 0. The van der Waals surface area contributed by atoms with E-state index in [0.717, 1.165) is 18.4 Å². The van der Waals surface area contributed by atoms with E-state index in [0.29, 0.717) is 4.47 Å². The van der Waals surface area contributed by atoms with Gasteiger partial charge in [-0.1, -0.05) is 12.0 Å². The van der Waals surface area contributed by atoms with E-state index in [1.54, 1.807) is 12.1 Å². The number of benzene rings is 1. The van der Waals surface area contributed by atoms with Crippen LogP contribution in [0.3, 0.4) is 0 Å². The van der Waals surface area contributed by atoms with E-state index in [1.165, 1.54) is 6.07 Å². The zero-order valence-electron chi connectivity index (χ0n) is 6.98. The van der Waals surface area contributed by atoms with Gasteiger partial charge < -0.3 is 0 Å². The van der Waals surface area contributed by atoms with Crippen LogP contribution in [-0.4, -0.2) is 0 Å². The lowest BCUT2D eigenvalue weighted by Crippen LogP contribution is -2.02. The molecule has 1 aromatic carbocycles. The van der Waals surface area contributed by atoms with Crippen molar-refractivity contribution in [3.8, 4) is 12.3 Å². The molecule has 1 aliphatic carbocycles. The smallest absolute Gasteiger partial charge is 0.137 e. The maximum atomic E-state index is 12.9. The Morgan fingerprint density at radius 3 is 2.62 bits per heavy atom. The van der Waals surface area contributed by atoms with E-state index in [1.807, 2.05) is 0 Å². The van der Waals surface area contributed by atoms with Gasteiger partial charge in [0.05, 0.1) is 9.89 Å². The highest BCUT2D eigenvalue weighted by atomic mass is 79.9. The van der Waals surface area contributed by atoms with Crippen LogP contribution in [0.4, 0.5) is 4.39 Å². The molecule has 0 unspecified atom stereocenters. The highest BCUT2D eigenvalue weighted by molar-refractivity contribution is 9.10. The lowest BCUT2D eigenvalue weighted by atomic mass is 9.97. The predicted octanol–water partition coefficient (Wildman–Crippen LogP) is 3.25. The summed E-state index contributed by atoms with van der Waals surface area (Å²) in [6.45, 7) is 0. The van der Waals surface area contributed by atoms with Gasteiger partial charge in [-0.25, -0.2) is 4.39 Å². The normalized spacial score (nSPS) is 17.9. The Morgan fingerprint density at radius 2 is 2.15 bits per heavy atom. The van der Waals surface area contributed by atoms with Crippen LogP contribution < -0.4 is 0 Å². The van der Waals surface area contributed by atoms with Gasteiger partial charge in [-0.05, 0) is 46.5 Å². The molecule has 0 saturated heterocycles. The van der Waals surface area contributed by atoms with Crippen molar-refractivity contribution in [2.45, 2.75) is 18.3 Å². The van der Waals surface area contributed by atoms with Gasteiger partial charge in [0.1, 0.15) is 5.82 Å². The largest absolute Gasteiger partial charge is 0.206 e. The Labute approximate surface area is 85.3 Å². The maximum absolute atomic E-state index is 12.9. The van der Waals surface area contributed by atoms with Crippen molar-refractivity contribution in [2.75, 3.05) is 0 Å². The van der Waals surface area contributed by atoms with Crippen LogP contribution in [0.25, 0.3) is 0 Å². The average Bonchev–Trinajstić information content (AvgIpc) is 2.90. The van der Waals surface area contributed by atoms with Crippen molar-refractivity contribution in [3.05, 3.63) is 34.1 Å². The molecule has 0 radical (unpaired) electrons. The van der Waals surface area contributed by atoms with Crippen molar-refractivity contribution in [2.24, 2.45) is 0 Å². The average molecular weight is 239 g/mol. The molecule has 2 rings (SSSR count). The zero-order valence-corrected chi connectivity index (χ0v) is 8.57. The first kappa shape index (κ1) is 8.77. The molecule has 0 nitrogen and oxygen atoms in total. The van der Waals surface area contributed by atoms with Crippen molar-refractivity contribution in [1.29, 1.82) is 0 Å². The van der Waals surface area contributed by atoms with Crippen molar-refractivity contribution in [1.82, 2.24) is 0 Å². The summed E-state index contributed by atoms with van der Waals surface area (Å²) in [5.74, 6) is 2.53. The Kier molecular flexibility index (Phi) is 1.92. The molecule has 0 bridgehead atoms. The molecule has 0 aliphatic heterocycles. The van der Waals surface area contributed by atoms with E-state index in [-0.39, 0.29) is 11.2 Å². The minimum Gasteiger partial charge on any atom is -0.206 e. The quantitative estimate of drug-likeness (QED) is 0.660. The fourth-order valence-electron chi connectivity index (χ4n) is 1.44. The molecule has 1 saturated carbocycles. The Balaban J connectivity index is 2.44. The third-order valence-electron chi connectivity index (χ3n) is 2.50. The fourth-order valence-corrected chi connectivity index (χ4v) is 1.81. The van der Waals surface area contributed by atoms with E-state index >= 15 is 0 Å². The minimum atomic E-state index is -0.239. The van der Waals surface area contributed by atoms with Gasteiger partial charge in [0.15, 0.2) is 0 Å². The van der Waals surface area contributed by atoms with Crippen LogP contribution in [0.2, 0.25) is 0 Å². The minimum absolute atomic E-state index is 0.101. The van der Waals surface area contributed by atoms with Crippen LogP contribution >= 0.6 is 15.9 Å². The van der Waals surface area contributed by atoms with E-state index < -0.39 is 0 Å². The maximum Gasteiger partial charge on any atom is 0.137 e. The van der Waals surface area contributed by atoms with Gasteiger partial charge in [0.2, 0.25) is 0 Å². The molecular formula is C11H8BrF. The summed E-state index contributed by atoms with van der Waals surface area (Å²) >= 11 is 3.15. The number of hydrogen-bond acceptors (Lipinski definition) is 0.